The highest BCUT2D eigenvalue weighted by atomic mass is 16.1. The Bertz CT molecular complexity index is 913. The number of benzene rings is 1. The minimum atomic E-state index is 0.0394. The first-order valence-electron chi connectivity index (χ1n) is 9.87. The van der Waals surface area contributed by atoms with Gasteiger partial charge in [-0.15, -0.1) is 0 Å². The number of hydrogen-bond acceptors (Lipinski definition) is 3. The number of nitrogens with one attached hydrogen (secondary N) is 1. The van der Waals surface area contributed by atoms with Crippen molar-refractivity contribution in [3.05, 3.63) is 51.4 Å². The predicted molar refractivity (Wildman–Crippen MR) is 108 cm³/mol. The second-order valence-electron chi connectivity index (χ2n) is 7.88. The first-order chi connectivity index (χ1) is 13.0. The molecule has 5 nitrogen and oxygen atoms in total. The fraction of sp³-hybridized carbons (Fsp3) is 0.455. The number of aromatic nitrogens is 1. The van der Waals surface area contributed by atoms with E-state index in [1.165, 1.54) is 30.4 Å². The zero-order chi connectivity index (χ0) is 19.0. The molecule has 0 atom stereocenters. The standard InChI is InChI=1S/C22H27N3O2/c1-15-10-18(13-24(2)22(15)27)17-11-16-6-7-20(26)23-21(16)19(12-17)14-25-8-4-3-5-9-25/h10-13H,3-9,14H2,1-2H3,(H,23,26). The van der Waals surface area contributed by atoms with Crippen molar-refractivity contribution in [3.63, 3.8) is 0 Å². The first-order valence-corrected chi connectivity index (χ1v) is 9.87. The number of carbonyl (C=O) groups is 1. The quantitative estimate of drug-likeness (QED) is 0.909. The Morgan fingerprint density at radius 3 is 2.52 bits per heavy atom. The van der Waals surface area contributed by atoms with Gasteiger partial charge in [0.05, 0.1) is 0 Å². The summed E-state index contributed by atoms with van der Waals surface area (Å²) in [5.41, 5.74) is 6.35. The maximum atomic E-state index is 12.1. The molecule has 0 saturated carbocycles. The van der Waals surface area contributed by atoms with E-state index >= 15 is 0 Å². The van der Waals surface area contributed by atoms with E-state index in [0.29, 0.717) is 6.42 Å². The van der Waals surface area contributed by atoms with Crippen molar-refractivity contribution in [1.29, 1.82) is 0 Å². The Hall–Kier alpha value is -2.40. The lowest BCUT2D eigenvalue weighted by atomic mass is 9.93. The summed E-state index contributed by atoms with van der Waals surface area (Å²) in [4.78, 5) is 26.5. The summed E-state index contributed by atoms with van der Waals surface area (Å²) in [5, 5.41) is 3.11. The summed E-state index contributed by atoms with van der Waals surface area (Å²) in [7, 11) is 1.80. The second-order valence-corrected chi connectivity index (χ2v) is 7.88. The Kier molecular flexibility index (Phi) is 4.87. The van der Waals surface area contributed by atoms with Crippen molar-refractivity contribution in [2.45, 2.75) is 45.6 Å². The van der Waals surface area contributed by atoms with Crippen LogP contribution in [-0.4, -0.2) is 28.5 Å². The number of nitrogens with zero attached hydrogens (tertiary/aromatic N) is 2. The van der Waals surface area contributed by atoms with Gasteiger partial charge in [0.1, 0.15) is 0 Å². The molecule has 142 valence electrons. The lowest BCUT2D eigenvalue weighted by molar-refractivity contribution is -0.116. The van der Waals surface area contributed by atoms with Crippen LogP contribution in [0.5, 0.6) is 0 Å². The van der Waals surface area contributed by atoms with Crippen LogP contribution in [0.2, 0.25) is 0 Å². The highest BCUT2D eigenvalue weighted by Crippen LogP contribution is 2.33. The molecule has 0 spiro atoms. The molecule has 1 amide bonds. The van der Waals surface area contributed by atoms with Gasteiger partial charge in [0.15, 0.2) is 0 Å². The molecule has 1 N–H and O–H groups in total. The van der Waals surface area contributed by atoms with Crippen LogP contribution in [-0.2, 0) is 24.8 Å². The van der Waals surface area contributed by atoms with Gasteiger partial charge in [-0.05, 0) is 79.7 Å². The number of anilines is 1. The SMILES string of the molecule is Cc1cc(-c2cc3c(c(CN4CCCCC4)c2)NC(=O)CC3)cn(C)c1=O. The number of aryl methyl sites for hydroxylation is 3. The van der Waals surface area contributed by atoms with Gasteiger partial charge < -0.3 is 9.88 Å². The van der Waals surface area contributed by atoms with Crippen LogP contribution >= 0.6 is 0 Å². The molecule has 4 rings (SSSR count). The average molecular weight is 365 g/mol. The number of piperidine rings is 1. The van der Waals surface area contributed by atoms with Crippen LogP contribution in [0.1, 0.15) is 42.4 Å². The van der Waals surface area contributed by atoms with E-state index in [2.05, 4.69) is 22.3 Å². The van der Waals surface area contributed by atoms with Crippen molar-refractivity contribution in [2.75, 3.05) is 18.4 Å². The Morgan fingerprint density at radius 2 is 1.78 bits per heavy atom. The number of pyridine rings is 1. The zero-order valence-electron chi connectivity index (χ0n) is 16.2. The zero-order valence-corrected chi connectivity index (χ0v) is 16.2. The molecule has 0 aliphatic carbocycles. The molecule has 2 aromatic rings. The molecule has 0 radical (unpaired) electrons. The molecule has 0 bridgehead atoms. The van der Waals surface area contributed by atoms with Gasteiger partial charge in [0.2, 0.25) is 5.91 Å². The lowest BCUT2D eigenvalue weighted by Crippen LogP contribution is -2.30. The highest BCUT2D eigenvalue weighted by molar-refractivity contribution is 5.95. The normalized spacial score (nSPS) is 17.5. The molecule has 27 heavy (non-hydrogen) atoms. The minimum absolute atomic E-state index is 0.0394. The average Bonchev–Trinajstić information content (AvgIpc) is 2.66. The van der Waals surface area contributed by atoms with Gasteiger partial charge in [0.25, 0.3) is 5.56 Å². The van der Waals surface area contributed by atoms with Crippen molar-refractivity contribution in [2.24, 2.45) is 7.05 Å². The maximum Gasteiger partial charge on any atom is 0.253 e. The van der Waals surface area contributed by atoms with E-state index in [1.807, 2.05) is 19.2 Å². The largest absolute Gasteiger partial charge is 0.326 e. The molecular formula is C22H27N3O2. The number of rotatable bonds is 3. The fourth-order valence-corrected chi connectivity index (χ4v) is 4.26. The van der Waals surface area contributed by atoms with Crippen LogP contribution in [0.15, 0.2) is 29.2 Å². The third-order valence-electron chi connectivity index (χ3n) is 5.73. The van der Waals surface area contributed by atoms with Crippen molar-refractivity contribution < 1.29 is 4.79 Å². The molecule has 1 aromatic heterocycles. The molecule has 2 aliphatic rings. The van der Waals surface area contributed by atoms with Gasteiger partial charge in [-0.25, -0.2) is 0 Å². The molecule has 1 saturated heterocycles. The summed E-state index contributed by atoms with van der Waals surface area (Å²) in [6, 6.07) is 6.34. The Labute approximate surface area is 160 Å². The topological polar surface area (TPSA) is 54.3 Å². The summed E-state index contributed by atoms with van der Waals surface area (Å²) < 4.78 is 1.65. The van der Waals surface area contributed by atoms with Crippen LogP contribution < -0.4 is 10.9 Å². The first kappa shape index (κ1) is 18.0. The summed E-state index contributed by atoms with van der Waals surface area (Å²) in [5.74, 6) is 0.105. The van der Waals surface area contributed by atoms with Crippen LogP contribution in [0.25, 0.3) is 11.1 Å². The monoisotopic (exact) mass is 365 g/mol. The van der Waals surface area contributed by atoms with E-state index < -0.39 is 0 Å². The lowest BCUT2D eigenvalue weighted by Gasteiger charge is -2.29. The molecule has 2 aliphatic heterocycles. The molecule has 1 fully saturated rings. The van der Waals surface area contributed by atoms with Crippen molar-refractivity contribution in [3.8, 4) is 11.1 Å². The van der Waals surface area contributed by atoms with Crippen LogP contribution in [0.4, 0.5) is 5.69 Å². The number of likely N-dealkylation sites (tertiary alicyclic amines) is 1. The van der Waals surface area contributed by atoms with E-state index in [1.54, 1.807) is 11.6 Å². The Balaban J connectivity index is 1.78. The Morgan fingerprint density at radius 1 is 1.00 bits per heavy atom. The van der Waals surface area contributed by atoms with Gasteiger partial charge in [-0.1, -0.05) is 6.42 Å². The summed E-state index contributed by atoms with van der Waals surface area (Å²) in [6.45, 7) is 4.96. The molecule has 1 aromatic carbocycles. The number of fused-ring (bicyclic) bond motifs is 1. The maximum absolute atomic E-state index is 12.1. The van der Waals surface area contributed by atoms with Crippen LogP contribution in [0, 0.1) is 6.92 Å². The van der Waals surface area contributed by atoms with E-state index in [9.17, 15) is 9.59 Å². The highest BCUT2D eigenvalue weighted by Gasteiger charge is 2.21. The second kappa shape index (κ2) is 7.31. The van der Waals surface area contributed by atoms with E-state index in [4.69, 9.17) is 0 Å². The number of amides is 1. The third kappa shape index (κ3) is 3.69. The number of hydrogen-bond donors (Lipinski definition) is 1. The predicted octanol–water partition coefficient (Wildman–Crippen LogP) is 3.23. The van der Waals surface area contributed by atoms with Gasteiger partial charge >= 0.3 is 0 Å². The van der Waals surface area contributed by atoms with Gasteiger partial charge in [0, 0.05) is 37.5 Å². The van der Waals surface area contributed by atoms with Gasteiger partial charge in [-0.3, -0.25) is 14.5 Å². The molecule has 5 heteroatoms. The minimum Gasteiger partial charge on any atom is -0.326 e. The molecule has 0 unspecified atom stereocenters. The summed E-state index contributed by atoms with van der Waals surface area (Å²) >= 11 is 0. The third-order valence-corrected chi connectivity index (χ3v) is 5.73. The van der Waals surface area contributed by atoms with E-state index in [-0.39, 0.29) is 11.5 Å². The molecular weight excluding hydrogens is 338 g/mol. The van der Waals surface area contributed by atoms with E-state index in [0.717, 1.165) is 48.4 Å². The fourth-order valence-electron chi connectivity index (χ4n) is 4.26. The van der Waals surface area contributed by atoms with Crippen molar-refractivity contribution in [1.82, 2.24) is 9.47 Å². The smallest absolute Gasteiger partial charge is 0.253 e. The van der Waals surface area contributed by atoms with Crippen molar-refractivity contribution >= 4 is 11.6 Å². The molecule has 3 heterocycles. The van der Waals surface area contributed by atoms with Crippen LogP contribution in [0.3, 0.4) is 0 Å². The number of carbonyl (C=O) groups excluding carboxylic acids is 1. The van der Waals surface area contributed by atoms with Gasteiger partial charge in [-0.2, -0.15) is 0 Å². The summed E-state index contributed by atoms with van der Waals surface area (Å²) in [6.07, 6.45) is 7.01.